The maximum Gasteiger partial charge on any atom is 0.255 e. The van der Waals surface area contributed by atoms with Crippen LogP contribution in [0, 0.1) is 6.92 Å². The maximum absolute atomic E-state index is 12.1. The lowest BCUT2D eigenvalue weighted by molar-refractivity contribution is 0.0960. The van der Waals surface area contributed by atoms with Gasteiger partial charge in [0.1, 0.15) is 0 Å². The molecule has 108 valence electrons. The number of H-pyrrole nitrogens is 1. The molecule has 1 aromatic heterocycles. The summed E-state index contributed by atoms with van der Waals surface area (Å²) in [6.45, 7) is 1.75. The van der Waals surface area contributed by atoms with E-state index in [-0.39, 0.29) is 17.0 Å². The maximum atomic E-state index is 12.1. The summed E-state index contributed by atoms with van der Waals surface area (Å²) in [5, 5.41) is 5.25. The molecule has 0 aliphatic heterocycles. The minimum atomic E-state index is -0.404. The average molecular weight is 285 g/mol. The Hall–Kier alpha value is -2.89. The van der Waals surface area contributed by atoms with Crippen LogP contribution in [0.2, 0.25) is 0 Å². The normalized spacial score (nSPS) is 10.0. The zero-order valence-electron chi connectivity index (χ0n) is 11.7. The fourth-order valence-electron chi connectivity index (χ4n) is 1.93. The number of nitrogens with one attached hydrogen (secondary N) is 3. The summed E-state index contributed by atoms with van der Waals surface area (Å²) in [5.74, 6) is -0.627. The number of anilines is 1. The molecule has 0 saturated heterocycles. The number of amides is 2. The molecule has 0 aliphatic rings. The Morgan fingerprint density at radius 3 is 2.57 bits per heavy atom. The van der Waals surface area contributed by atoms with Gasteiger partial charge in [0.05, 0.1) is 0 Å². The Bertz CT molecular complexity index is 750. The molecule has 21 heavy (non-hydrogen) atoms. The van der Waals surface area contributed by atoms with E-state index in [0.29, 0.717) is 16.8 Å². The summed E-state index contributed by atoms with van der Waals surface area (Å²) in [5.41, 5.74) is 1.58. The van der Waals surface area contributed by atoms with Gasteiger partial charge in [-0.15, -0.1) is 0 Å². The Balaban J connectivity index is 2.30. The van der Waals surface area contributed by atoms with Gasteiger partial charge < -0.3 is 15.6 Å². The van der Waals surface area contributed by atoms with Gasteiger partial charge >= 0.3 is 0 Å². The number of pyridine rings is 1. The number of hydrogen-bond acceptors (Lipinski definition) is 3. The van der Waals surface area contributed by atoms with Crippen LogP contribution in [0.4, 0.5) is 5.69 Å². The molecule has 6 nitrogen and oxygen atoms in total. The van der Waals surface area contributed by atoms with Crippen molar-refractivity contribution in [2.75, 3.05) is 12.4 Å². The average Bonchev–Trinajstić information content (AvgIpc) is 2.48. The predicted octanol–water partition coefficient (Wildman–Crippen LogP) is 1.30. The first kappa shape index (κ1) is 14.5. The third-order valence-electron chi connectivity index (χ3n) is 3.09. The second kappa shape index (κ2) is 6.04. The lowest BCUT2D eigenvalue weighted by atomic mass is 10.1. The van der Waals surface area contributed by atoms with E-state index in [1.807, 2.05) is 0 Å². The van der Waals surface area contributed by atoms with Gasteiger partial charge in [-0.25, -0.2) is 0 Å². The topological polar surface area (TPSA) is 91.1 Å². The van der Waals surface area contributed by atoms with Gasteiger partial charge in [-0.3, -0.25) is 14.4 Å². The molecule has 3 N–H and O–H groups in total. The monoisotopic (exact) mass is 285 g/mol. The first-order valence-corrected chi connectivity index (χ1v) is 6.34. The predicted molar refractivity (Wildman–Crippen MR) is 79.6 cm³/mol. The van der Waals surface area contributed by atoms with Crippen molar-refractivity contribution < 1.29 is 9.59 Å². The molecule has 0 bridgehead atoms. The van der Waals surface area contributed by atoms with Crippen molar-refractivity contribution in [2.24, 2.45) is 0 Å². The molecule has 2 rings (SSSR count). The molecule has 0 atom stereocenters. The zero-order chi connectivity index (χ0) is 15.4. The van der Waals surface area contributed by atoms with Gasteiger partial charge in [-0.2, -0.15) is 0 Å². The quantitative estimate of drug-likeness (QED) is 0.793. The van der Waals surface area contributed by atoms with E-state index >= 15 is 0 Å². The van der Waals surface area contributed by atoms with Gasteiger partial charge in [-0.1, -0.05) is 6.07 Å². The molecule has 1 aromatic carbocycles. The van der Waals surface area contributed by atoms with Crippen LogP contribution in [-0.4, -0.2) is 23.8 Å². The SMILES string of the molecule is CNC(=O)c1cccc(NC(=O)c2cc[nH]c(=O)c2)c1C. The molecule has 2 amide bonds. The van der Waals surface area contributed by atoms with Gasteiger partial charge in [0.15, 0.2) is 0 Å². The third kappa shape index (κ3) is 3.17. The van der Waals surface area contributed by atoms with Crippen molar-refractivity contribution in [3.05, 3.63) is 63.6 Å². The Kier molecular flexibility index (Phi) is 4.18. The summed E-state index contributed by atoms with van der Waals surface area (Å²) in [6, 6.07) is 7.79. The van der Waals surface area contributed by atoms with Crippen molar-refractivity contribution in [1.29, 1.82) is 0 Å². The fourth-order valence-corrected chi connectivity index (χ4v) is 1.93. The molecule has 0 unspecified atom stereocenters. The molecule has 1 heterocycles. The van der Waals surface area contributed by atoms with E-state index in [1.54, 1.807) is 32.2 Å². The first-order valence-electron chi connectivity index (χ1n) is 6.34. The van der Waals surface area contributed by atoms with Crippen LogP contribution in [0.15, 0.2) is 41.3 Å². The Labute approximate surface area is 121 Å². The van der Waals surface area contributed by atoms with Gasteiger partial charge in [0.2, 0.25) is 5.56 Å². The van der Waals surface area contributed by atoms with E-state index in [0.717, 1.165) is 0 Å². The highest BCUT2D eigenvalue weighted by atomic mass is 16.2. The van der Waals surface area contributed by atoms with Crippen LogP contribution < -0.4 is 16.2 Å². The van der Waals surface area contributed by atoms with Gasteiger partial charge in [0, 0.05) is 36.1 Å². The molecular formula is C15H15N3O3. The number of hydrogen-bond donors (Lipinski definition) is 3. The van der Waals surface area contributed by atoms with Crippen molar-refractivity contribution in [1.82, 2.24) is 10.3 Å². The molecule has 6 heteroatoms. The van der Waals surface area contributed by atoms with Crippen LogP contribution in [0.5, 0.6) is 0 Å². The van der Waals surface area contributed by atoms with Crippen molar-refractivity contribution in [3.8, 4) is 0 Å². The third-order valence-corrected chi connectivity index (χ3v) is 3.09. The van der Waals surface area contributed by atoms with E-state index in [1.165, 1.54) is 18.3 Å². The van der Waals surface area contributed by atoms with Crippen molar-refractivity contribution in [3.63, 3.8) is 0 Å². The lowest BCUT2D eigenvalue weighted by Gasteiger charge is -2.11. The lowest BCUT2D eigenvalue weighted by Crippen LogP contribution is -2.20. The molecule has 2 aromatic rings. The Morgan fingerprint density at radius 1 is 1.14 bits per heavy atom. The van der Waals surface area contributed by atoms with Crippen molar-refractivity contribution in [2.45, 2.75) is 6.92 Å². The number of aromatic nitrogens is 1. The highest BCUT2D eigenvalue weighted by Crippen LogP contribution is 2.19. The van der Waals surface area contributed by atoms with Gasteiger partial charge in [-0.05, 0) is 30.7 Å². The number of rotatable bonds is 3. The molecule has 0 aliphatic carbocycles. The molecule has 0 radical (unpaired) electrons. The van der Waals surface area contributed by atoms with Crippen molar-refractivity contribution >= 4 is 17.5 Å². The van der Waals surface area contributed by atoms with Gasteiger partial charge in [0.25, 0.3) is 11.8 Å². The minimum absolute atomic E-state index is 0.222. The molecule has 0 fully saturated rings. The second-order valence-electron chi connectivity index (χ2n) is 4.45. The molecule has 0 spiro atoms. The number of aromatic amines is 1. The molecule has 0 saturated carbocycles. The summed E-state index contributed by atoms with van der Waals surface area (Å²) in [4.78, 5) is 37.5. The van der Waals surface area contributed by atoms with Crippen LogP contribution in [0.1, 0.15) is 26.3 Å². The first-order chi connectivity index (χ1) is 10.0. The van der Waals surface area contributed by atoms with Crippen LogP contribution >= 0.6 is 0 Å². The summed E-state index contributed by atoms with van der Waals surface area (Å²) >= 11 is 0. The number of carbonyl (C=O) groups is 2. The second-order valence-corrected chi connectivity index (χ2v) is 4.45. The van der Waals surface area contributed by atoms with Crippen LogP contribution in [-0.2, 0) is 0 Å². The zero-order valence-corrected chi connectivity index (χ0v) is 11.7. The number of benzene rings is 1. The summed E-state index contributed by atoms with van der Waals surface area (Å²) in [6.07, 6.45) is 1.41. The Morgan fingerprint density at radius 2 is 1.90 bits per heavy atom. The van der Waals surface area contributed by atoms with E-state index < -0.39 is 5.91 Å². The summed E-state index contributed by atoms with van der Waals surface area (Å²) in [7, 11) is 1.54. The van der Waals surface area contributed by atoms with E-state index in [9.17, 15) is 14.4 Å². The smallest absolute Gasteiger partial charge is 0.255 e. The standard InChI is InChI=1S/C15H15N3O3/c1-9-11(15(21)16-2)4-3-5-12(9)18-14(20)10-6-7-17-13(19)8-10/h3-8H,1-2H3,(H,16,21)(H,17,19)(H,18,20). The van der Waals surface area contributed by atoms with E-state index in [2.05, 4.69) is 15.6 Å². The van der Waals surface area contributed by atoms with Crippen LogP contribution in [0.3, 0.4) is 0 Å². The summed E-state index contributed by atoms with van der Waals surface area (Å²) < 4.78 is 0. The largest absolute Gasteiger partial charge is 0.355 e. The highest BCUT2D eigenvalue weighted by Gasteiger charge is 2.13. The highest BCUT2D eigenvalue weighted by molar-refractivity contribution is 6.05. The van der Waals surface area contributed by atoms with Crippen LogP contribution in [0.25, 0.3) is 0 Å². The van der Waals surface area contributed by atoms with E-state index in [4.69, 9.17) is 0 Å². The number of carbonyl (C=O) groups excluding carboxylic acids is 2. The molecular weight excluding hydrogens is 270 g/mol. The fraction of sp³-hybridized carbons (Fsp3) is 0.133. The minimum Gasteiger partial charge on any atom is -0.355 e.